The number of carbonyl (C=O) groups excluding carboxylic acids is 2. The molecule has 1 fully saturated rings. The number of aryl methyl sites for hydroxylation is 1. The number of nitrogens with zero attached hydrogens (tertiary/aromatic N) is 1. The fraction of sp³-hybridized carbons (Fsp3) is 0.429. The lowest BCUT2D eigenvalue weighted by atomic mass is 10.1. The zero-order valence-corrected chi connectivity index (χ0v) is 12.6. The Morgan fingerprint density at radius 2 is 2.16 bits per heavy atom. The van der Waals surface area contributed by atoms with Crippen molar-refractivity contribution in [3.05, 3.63) is 33.8 Å². The van der Waals surface area contributed by atoms with Gasteiger partial charge in [-0.3, -0.25) is 9.59 Å². The summed E-state index contributed by atoms with van der Waals surface area (Å²) in [6.07, 6.45) is 0.669. The average molecular weight is 326 g/mol. The van der Waals surface area contributed by atoms with Crippen molar-refractivity contribution < 1.29 is 14.3 Å². The van der Waals surface area contributed by atoms with Gasteiger partial charge in [0.2, 0.25) is 0 Å². The van der Waals surface area contributed by atoms with E-state index < -0.39 is 0 Å². The van der Waals surface area contributed by atoms with Crippen LogP contribution in [0.1, 0.15) is 22.3 Å². The second-order valence-electron chi connectivity index (χ2n) is 4.70. The molecule has 1 aromatic carbocycles. The molecule has 0 aliphatic carbocycles. The molecule has 0 spiro atoms. The Labute approximate surface area is 120 Å². The molecule has 1 atom stereocenters. The number of methoxy groups -OCH3 is 1. The summed E-state index contributed by atoms with van der Waals surface area (Å²) >= 11 is 3.45. The van der Waals surface area contributed by atoms with Crippen molar-refractivity contribution >= 4 is 27.8 Å². The van der Waals surface area contributed by atoms with E-state index in [4.69, 9.17) is 4.74 Å². The van der Waals surface area contributed by atoms with Gasteiger partial charge in [-0.1, -0.05) is 12.1 Å². The molecule has 0 N–H and O–H groups in total. The first kappa shape index (κ1) is 14.1. The summed E-state index contributed by atoms with van der Waals surface area (Å²) in [5.74, 6) is -0.474. The van der Waals surface area contributed by atoms with Crippen molar-refractivity contribution in [3.8, 4) is 0 Å². The highest BCUT2D eigenvalue weighted by Gasteiger charge is 2.32. The first-order valence-electron chi connectivity index (χ1n) is 6.16. The van der Waals surface area contributed by atoms with Crippen LogP contribution < -0.4 is 0 Å². The predicted octanol–water partition coefficient (Wildman–Crippen LogP) is 2.39. The lowest BCUT2D eigenvalue weighted by molar-refractivity contribution is -0.144. The first-order valence-corrected chi connectivity index (χ1v) is 6.96. The van der Waals surface area contributed by atoms with Gasteiger partial charge in [-0.15, -0.1) is 0 Å². The van der Waals surface area contributed by atoms with Crippen molar-refractivity contribution in [3.63, 3.8) is 0 Å². The van der Waals surface area contributed by atoms with Crippen LogP contribution >= 0.6 is 15.9 Å². The number of likely N-dealkylation sites (tertiary alicyclic amines) is 1. The van der Waals surface area contributed by atoms with Crippen LogP contribution in [-0.2, 0) is 9.53 Å². The second-order valence-corrected chi connectivity index (χ2v) is 5.49. The average Bonchev–Trinajstić information content (AvgIpc) is 2.90. The van der Waals surface area contributed by atoms with Crippen LogP contribution in [0.5, 0.6) is 0 Å². The number of halogens is 1. The predicted molar refractivity (Wildman–Crippen MR) is 74.9 cm³/mol. The molecule has 0 bridgehead atoms. The Bertz CT molecular complexity index is 515. The van der Waals surface area contributed by atoms with E-state index in [0.29, 0.717) is 25.1 Å². The van der Waals surface area contributed by atoms with Crippen LogP contribution in [0.15, 0.2) is 22.7 Å². The third-order valence-electron chi connectivity index (χ3n) is 3.43. The lowest BCUT2D eigenvalue weighted by Gasteiger charge is -2.17. The van der Waals surface area contributed by atoms with Gasteiger partial charge >= 0.3 is 5.97 Å². The Hall–Kier alpha value is -1.36. The SMILES string of the molecule is COC(=O)C1CCN(C(=O)c2cccc(C)c2Br)C1. The normalized spacial score (nSPS) is 18.5. The Balaban J connectivity index is 2.14. The first-order chi connectivity index (χ1) is 9.04. The number of benzene rings is 1. The van der Waals surface area contributed by atoms with Crippen molar-refractivity contribution in [1.82, 2.24) is 4.90 Å². The van der Waals surface area contributed by atoms with Crippen LogP contribution in [0.3, 0.4) is 0 Å². The molecule has 102 valence electrons. The highest BCUT2D eigenvalue weighted by molar-refractivity contribution is 9.10. The van der Waals surface area contributed by atoms with Crippen molar-refractivity contribution in [1.29, 1.82) is 0 Å². The van der Waals surface area contributed by atoms with E-state index >= 15 is 0 Å². The highest BCUT2D eigenvalue weighted by Crippen LogP contribution is 2.25. The molecule has 1 amide bonds. The summed E-state index contributed by atoms with van der Waals surface area (Å²) < 4.78 is 5.55. The highest BCUT2D eigenvalue weighted by atomic mass is 79.9. The quantitative estimate of drug-likeness (QED) is 0.784. The van der Waals surface area contributed by atoms with Gasteiger partial charge in [0.25, 0.3) is 5.91 Å². The fourth-order valence-corrected chi connectivity index (χ4v) is 2.72. The minimum absolute atomic E-state index is 0.0398. The van der Waals surface area contributed by atoms with Gasteiger partial charge in [0.05, 0.1) is 18.6 Å². The molecule has 0 radical (unpaired) electrons. The fourth-order valence-electron chi connectivity index (χ4n) is 2.29. The Morgan fingerprint density at radius 3 is 2.84 bits per heavy atom. The van der Waals surface area contributed by atoms with E-state index in [9.17, 15) is 9.59 Å². The van der Waals surface area contributed by atoms with E-state index in [1.54, 1.807) is 11.0 Å². The number of hydrogen-bond donors (Lipinski definition) is 0. The summed E-state index contributed by atoms with van der Waals surface area (Å²) in [6, 6.07) is 5.61. The van der Waals surface area contributed by atoms with E-state index in [2.05, 4.69) is 15.9 Å². The lowest BCUT2D eigenvalue weighted by Crippen LogP contribution is -2.30. The molecule has 19 heavy (non-hydrogen) atoms. The van der Waals surface area contributed by atoms with E-state index in [1.165, 1.54) is 7.11 Å². The van der Waals surface area contributed by atoms with Crippen LogP contribution in [0.25, 0.3) is 0 Å². The third-order valence-corrected chi connectivity index (χ3v) is 4.48. The monoisotopic (exact) mass is 325 g/mol. The smallest absolute Gasteiger partial charge is 0.310 e. The number of ether oxygens (including phenoxy) is 1. The van der Waals surface area contributed by atoms with Gasteiger partial charge in [0.1, 0.15) is 0 Å². The molecule has 1 heterocycles. The molecule has 1 aliphatic rings. The van der Waals surface area contributed by atoms with E-state index in [0.717, 1.165) is 10.0 Å². The Kier molecular flexibility index (Phi) is 4.24. The van der Waals surface area contributed by atoms with Gasteiger partial charge in [0, 0.05) is 17.6 Å². The summed E-state index contributed by atoms with van der Waals surface area (Å²) in [6.45, 7) is 2.98. The maximum absolute atomic E-state index is 12.4. The molecule has 2 rings (SSSR count). The van der Waals surface area contributed by atoms with Gasteiger partial charge in [-0.2, -0.15) is 0 Å². The van der Waals surface area contributed by atoms with Crippen LogP contribution in [0.4, 0.5) is 0 Å². The molecule has 1 unspecified atom stereocenters. The number of hydrogen-bond acceptors (Lipinski definition) is 3. The summed E-state index contributed by atoms with van der Waals surface area (Å²) in [5, 5.41) is 0. The van der Waals surface area contributed by atoms with Crippen molar-refractivity contribution in [2.45, 2.75) is 13.3 Å². The number of amides is 1. The minimum Gasteiger partial charge on any atom is -0.469 e. The zero-order chi connectivity index (χ0) is 14.0. The van der Waals surface area contributed by atoms with Crippen molar-refractivity contribution in [2.24, 2.45) is 5.92 Å². The van der Waals surface area contributed by atoms with Crippen LogP contribution in [0, 0.1) is 12.8 Å². The molecule has 1 saturated heterocycles. The van der Waals surface area contributed by atoms with Crippen molar-refractivity contribution in [2.75, 3.05) is 20.2 Å². The van der Waals surface area contributed by atoms with Gasteiger partial charge in [0.15, 0.2) is 0 Å². The standard InChI is InChI=1S/C14H16BrNO3/c1-9-4-3-5-11(12(9)15)13(17)16-7-6-10(8-16)14(18)19-2/h3-5,10H,6-8H2,1-2H3. The van der Waals surface area contributed by atoms with Gasteiger partial charge in [-0.05, 0) is 40.9 Å². The zero-order valence-electron chi connectivity index (χ0n) is 11.0. The molecule has 4 nitrogen and oxygen atoms in total. The molecular weight excluding hydrogens is 310 g/mol. The molecule has 5 heteroatoms. The van der Waals surface area contributed by atoms with E-state index in [1.807, 2.05) is 19.1 Å². The summed E-state index contributed by atoms with van der Waals surface area (Å²) in [5.41, 5.74) is 1.67. The van der Waals surface area contributed by atoms with E-state index in [-0.39, 0.29) is 17.8 Å². The summed E-state index contributed by atoms with van der Waals surface area (Å²) in [4.78, 5) is 25.6. The Morgan fingerprint density at radius 1 is 1.42 bits per heavy atom. The maximum Gasteiger partial charge on any atom is 0.310 e. The molecule has 0 aromatic heterocycles. The molecule has 1 aromatic rings. The largest absolute Gasteiger partial charge is 0.469 e. The molecule has 1 aliphatic heterocycles. The second kappa shape index (κ2) is 5.74. The molecule has 0 saturated carbocycles. The van der Waals surface area contributed by atoms with Crippen LogP contribution in [-0.4, -0.2) is 37.0 Å². The molecular formula is C14H16BrNO3. The number of rotatable bonds is 2. The third kappa shape index (κ3) is 2.81. The summed E-state index contributed by atoms with van der Waals surface area (Å²) in [7, 11) is 1.38. The topological polar surface area (TPSA) is 46.6 Å². The minimum atomic E-state index is -0.237. The number of esters is 1. The van der Waals surface area contributed by atoms with Crippen LogP contribution in [0.2, 0.25) is 0 Å². The maximum atomic E-state index is 12.4. The van der Waals surface area contributed by atoms with Gasteiger partial charge < -0.3 is 9.64 Å². The van der Waals surface area contributed by atoms with Gasteiger partial charge in [-0.25, -0.2) is 0 Å². The number of carbonyl (C=O) groups is 2.